The van der Waals surface area contributed by atoms with E-state index in [9.17, 15) is 0 Å². The van der Waals surface area contributed by atoms with Crippen LogP contribution in [0.4, 0.5) is 17.5 Å². The molecule has 0 bridgehead atoms. The number of nitriles is 1. The molecule has 0 aromatic carbocycles. The van der Waals surface area contributed by atoms with Crippen LogP contribution in [0.2, 0.25) is 0 Å². The molecule has 1 fully saturated rings. The van der Waals surface area contributed by atoms with E-state index >= 15 is 0 Å². The lowest BCUT2D eigenvalue weighted by Crippen LogP contribution is -2.21. The van der Waals surface area contributed by atoms with Crippen LogP contribution >= 0.6 is 0 Å². The van der Waals surface area contributed by atoms with Gasteiger partial charge in [-0.05, 0) is 26.7 Å². The summed E-state index contributed by atoms with van der Waals surface area (Å²) in [7, 11) is 0. The SMILES string of the molecule is CCNc1nc(Nc2cnn(C3CCOCC3)c2C)ncc1C#N. The highest BCUT2D eigenvalue weighted by molar-refractivity contribution is 5.59. The van der Waals surface area contributed by atoms with Gasteiger partial charge in [-0.3, -0.25) is 4.68 Å². The van der Waals surface area contributed by atoms with E-state index in [-0.39, 0.29) is 0 Å². The van der Waals surface area contributed by atoms with E-state index in [1.165, 1.54) is 6.20 Å². The number of hydrogen-bond donors (Lipinski definition) is 2. The van der Waals surface area contributed by atoms with E-state index in [2.05, 4.69) is 31.8 Å². The molecule has 1 aliphatic heterocycles. The van der Waals surface area contributed by atoms with Crippen LogP contribution in [0.3, 0.4) is 0 Å². The molecule has 0 radical (unpaired) electrons. The van der Waals surface area contributed by atoms with Gasteiger partial charge in [-0.1, -0.05) is 0 Å². The van der Waals surface area contributed by atoms with Crippen LogP contribution in [0.25, 0.3) is 0 Å². The summed E-state index contributed by atoms with van der Waals surface area (Å²) in [5, 5.41) is 19.9. The van der Waals surface area contributed by atoms with Gasteiger partial charge in [0.25, 0.3) is 0 Å². The number of nitrogens with one attached hydrogen (secondary N) is 2. The summed E-state index contributed by atoms with van der Waals surface area (Å²) in [6.45, 7) is 6.22. The first-order valence-electron chi connectivity index (χ1n) is 8.12. The molecule has 0 spiro atoms. The summed E-state index contributed by atoms with van der Waals surface area (Å²) in [6, 6.07) is 2.46. The van der Waals surface area contributed by atoms with Crippen molar-refractivity contribution in [2.75, 3.05) is 30.4 Å². The Bertz CT molecular complexity index is 743. The number of ether oxygens (including phenoxy) is 1. The summed E-state index contributed by atoms with van der Waals surface area (Å²) in [5.74, 6) is 0.978. The second kappa shape index (κ2) is 7.27. The Kier molecular flexibility index (Phi) is 4.91. The fraction of sp³-hybridized carbons (Fsp3) is 0.500. The maximum absolute atomic E-state index is 9.10. The lowest BCUT2D eigenvalue weighted by Gasteiger charge is -2.23. The molecule has 3 rings (SSSR count). The van der Waals surface area contributed by atoms with E-state index < -0.39 is 0 Å². The molecule has 24 heavy (non-hydrogen) atoms. The second-order valence-corrected chi connectivity index (χ2v) is 5.65. The molecule has 126 valence electrons. The molecule has 3 heterocycles. The van der Waals surface area contributed by atoms with Crippen LogP contribution in [-0.2, 0) is 4.74 Å². The highest BCUT2D eigenvalue weighted by atomic mass is 16.5. The number of anilines is 3. The number of hydrogen-bond acceptors (Lipinski definition) is 7. The van der Waals surface area contributed by atoms with E-state index in [0.717, 1.165) is 37.4 Å². The van der Waals surface area contributed by atoms with Crippen LogP contribution in [-0.4, -0.2) is 39.5 Å². The minimum Gasteiger partial charge on any atom is -0.381 e. The minimum absolute atomic E-state index is 0.369. The van der Waals surface area contributed by atoms with E-state index in [1.54, 1.807) is 6.20 Å². The predicted octanol–water partition coefficient (Wildman–Crippen LogP) is 2.38. The monoisotopic (exact) mass is 327 g/mol. The van der Waals surface area contributed by atoms with E-state index in [1.807, 2.05) is 18.5 Å². The molecule has 2 aromatic rings. The molecule has 1 saturated heterocycles. The highest BCUT2D eigenvalue weighted by Gasteiger charge is 2.19. The van der Waals surface area contributed by atoms with Crippen molar-refractivity contribution in [2.45, 2.75) is 32.7 Å². The zero-order valence-corrected chi connectivity index (χ0v) is 13.9. The topological polar surface area (TPSA) is 101 Å². The first-order valence-corrected chi connectivity index (χ1v) is 8.12. The molecule has 2 N–H and O–H groups in total. The average Bonchev–Trinajstić information content (AvgIpc) is 2.97. The van der Waals surface area contributed by atoms with Crippen LogP contribution in [0, 0.1) is 18.3 Å². The predicted molar refractivity (Wildman–Crippen MR) is 90.2 cm³/mol. The number of rotatable bonds is 5. The third-order valence-electron chi connectivity index (χ3n) is 4.08. The Morgan fingerprint density at radius 2 is 2.17 bits per heavy atom. The first kappa shape index (κ1) is 16.2. The van der Waals surface area contributed by atoms with Crippen molar-refractivity contribution in [3.8, 4) is 6.07 Å². The zero-order valence-electron chi connectivity index (χ0n) is 13.9. The molecule has 2 aromatic heterocycles. The Labute approximate surface area is 140 Å². The number of aromatic nitrogens is 4. The smallest absolute Gasteiger partial charge is 0.229 e. The Morgan fingerprint density at radius 3 is 2.88 bits per heavy atom. The third kappa shape index (κ3) is 3.31. The normalized spacial score (nSPS) is 15.0. The molecule has 0 saturated carbocycles. The summed E-state index contributed by atoms with van der Waals surface area (Å²) >= 11 is 0. The molecule has 0 unspecified atom stereocenters. The molecular formula is C16H21N7O. The Balaban J connectivity index is 1.80. The first-order chi connectivity index (χ1) is 11.7. The molecule has 8 nitrogen and oxygen atoms in total. The van der Waals surface area contributed by atoms with Crippen molar-refractivity contribution >= 4 is 17.5 Å². The van der Waals surface area contributed by atoms with Gasteiger partial charge >= 0.3 is 0 Å². The third-order valence-corrected chi connectivity index (χ3v) is 4.08. The quantitative estimate of drug-likeness (QED) is 0.869. The summed E-state index contributed by atoms with van der Waals surface area (Å²) in [4.78, 5) is 8.59. The van der Waals surface area contributed by atoms with Gasteiger partial charge in [-0.15, -0.1) is 0 Å². The largest absolute Gasteiger partial charge is 0.381 e. The highest BCUT2D eigenvalue weighted by Crippen LogP contribution is 2.26. The zero-order chi connectivity index (χ0) is 16.9. The molecule has 1 aliphatic rings. The van der Waals surface area contributed by atoms with Crippen molar-refractivity contribution < 1.29 is 4.74 Å². The van der Waals surface area contributed by atoms with Gasteiger partial charge in [0.15, 0.2) is 0 Å². The van der Waals surface area contributed by atoms with Gasteiger partial charge in [0.05, 0.1) is 29.8 Å². The summed E-state index contributed by atoms with van der Waals surface area (Å²) < 4.78 is 7.45. The summed E-state index contributed by atoms with van der Waals surface area (Å²) in [6.07, 6.45) is 5.25. The minimum atomic E-state index is 0.369. The fourth-order valence-electron chi connectivity index (χ4n) is 2.79. The van der Waals surface area contributed by atoms with E-state index in [0.29, 0.717) is 29.9 Å². The van der Waals surface area contributed by atoms with Crippen LogP contribution < -0.4 is 10.6 Å². The standard InChI is InChI=1S/C16H21N7O/c1-3-18-15-12(8-17)9-19-16(22-15)21-14-10-20-23(11(14)2)13-4-6-24-7-5-13/h9-10,13H,3-7H2,1-2H3,(H2,18,19,21,22). The van der Waals surface area contributed by atoms with Crippen molar-refractivity contribution in [1.82, 2.24) is 19.7 Å². The Morgan fingerprint density at radius 1 is 1.38 bits per heavy atom. The van der Waals surface area contributed by atoms with Crippen molar-refractivity contribution in [3.63, 3.8) is 0 Å². The van der Waals surface area contributed by atoms with Crippen LogP contribution in [0.1, 0.15) is 37.1 Å². The molecule has 0 atom stereocenters. The van der Waals surface area contributed by atoms with Crippen molar-refractivity contribution in [1.29, 1.82) is 5.26 Å². The van der Waals surface area contributed by atoms with Gasteiger partial charge < -0.3 is 15.4 Å². The van der Waals surface area contributed by atoms with Gasteiger partial charge in [-0.2, -0.15) is 15.3 Å². The van der Waals surface area contributed by atoms with Gasteiger partial charge in [-0.25, -0.2) is 4.98 Å². The van der Waals surface area contributed by atoms with Crippen LogP contribution in [0.15, 0.2) is 12.4 Å². The van der Waals surface area contributed by atoms with Crippen molar-refractivity contribution in [2.24, 2.45) is 0 Å². The van der Waals surface area contributed by atoms with Gasteiger partial charge in [0.2, 0.25) is 5.95 Å². The van der Waals surface area contributed by atoms with Crippen molar-refractivity contribution in [3.05, 3.63) is 23.7 Å². The summed E-state index contributed by atoms with van der Waals surface area (Å²) in [5.41, 5.74) is 2.34. The molecular weight excluding hydrogens is 306 g/mol. The average molecular weight is 327 g/mol. The van der Waals surface area contributed by atoms with E-state index in [4.69, 9.17) is 10.00 Å². The lowest BCUT2D eigenvalue weighted by molar-refractivity contribution is 0.0657. The fourth-order valence-corrected chi connectivity index (χ4v) is 2.79. The lowest BCUT2D eigenvalue weighted by atomic mass is 10.1. The molecule has 8 heteroatoms. The molecule has 0 amide bonds. The van der Waals surface area contributed by atoms with Crippen LogP contribution in [0.5, 0.6) is 0 Å². The maximum Gasteiger partial charge on any atom is 0.229 e. The van der Waals surface area contributed by atoms with Gasteiger partial charge in [0.1, 0.15) is 17.5 Å². The molecule has 0 aliphatic carbocycles. The maximum atomic E-state index is 9.10. The number of nitrogens with zero attached hydrogens (tertiary/aromatic N) is 5. The second-order valence-electron chi connectivity index (χ2n) is 5.65. The Hall–Kier alpha value is -2.66. The van der Waals surface area contributed by atoms with Gasteiger partial charge in [0, 0.05) is 19.8 Å².